The van der Waals surface area contributed by atoms with Gasteiger partial charge >= 0.3 is 0 Å². The van der Waals surface area contributed by atoms with E-state index in [-0.39, 0.29) is 0 Å². The van der Waals surface area contributed by atoms with E-state index in [1.807, 2.05) is 6.07 Å². The van der Waals surface area contributed by atoms with Gasteiger partial charge in [-0.15, -0.1) is 0 Å². The van der Waals surface area contributed by atoms with Gasteiger partial charge in [0.15, 0.2) is 0 Å². The van der Waals surface area contributed by atoms with Crippen LogP contribution in [0.4, 0.5) is 0 Å². The number of nitrogens with zero attached hydrogens (tertiary/aromatic N) is 3. The van der Waals surface area contributed by atoms with Gasteiger partial charge in [0, 0.05) is 4.91 Å². The fourth-order valence-corrected chi connectivity index (χ4v) is 1.39. The SMILES string of the molecule is CC(C)(N=[N+]=[N-])[C@H](O)[C@@H](O)c1ccccc1. The summed E-state index contributed by atoms with van der Waals surface area (Å²) >= 11 is 0. The summed E-state index contributed by atoms with van der Waals surface area (Å²) in [6.45, 7) is 3.15. The fourth-order valence-electron chi connectivity index (χ4n) is 1.39. The van der Waals surface area contributed by atoms with Crippen LogP contribution in [0.3, 0.4) is 0 Å². The molecule has 1 aromatic carbocycles. The molecule has 5 nitrogen and oxygen atoms in total. The standard InChI is InChI=1S/C11H15N3O2/c1-11(2,13-14-12)10(16)9(15)8-6-4-3-5-7-8/h3-7,9-10,15-16H,1-2H3/t9-,10+/m0/s1. The lowest BCUT2D eigenvalue weighted by atomic mass is 9.90. The molecular formula is C11H15N3O2. The van der Waals surface area contributed by atoms with Crippen LogP contribution in [0.25, 0.3) is 10.4 Å². The highest BCUT2D eigenvalue weighted by atomic mass is 16.3. The van der Waals surface area contributed by atoms with E-state index in [2.05, 4.69) is 10.0 Å². The quantitative estimate of drug-likeness (QED) is 0.463. The zero-order chi connectivity index (χ0) is 12.2. The number of azide groups is 1. The molecule has 86 valence electrons. The summed E-state index contributed by atoms with van der Waals surface area (Å²) in [6, 6.07) is 8.78. The second kappa shape index (κ2) is 4.99. The molecule has 0 saturated carbocycles. The molecule has 16 heavy (non-hydrogen) atoms. The average Bonchev–Trinajstić information content (AvgIpc) is 2.28. The highest BCUT2D eigenvalue weighted by Crippen LogP contribution is 2.26. The van der Waals surface area contributed by atoms with E-state index in [0.29, 0.717) is 5.56 Å². The first-order valence-electron chi connectivity index (χ1n) is 4.96. The summed E-state index contributed by atoms with van der Waals surface area (Å²) < 4.78 is 0. The first kappa shape index (κ1) is 12.5. The molecule has 0 fully saturated rings. The van der Waals surface area contributed by atoms with E-state index >= 15 is 0 Å². The topological polar surface area (TPSA) is 89.2 Å². The van der Waals surface area contributed by atoms with Gasteiger partial charge in [-0.25, -0.2) is 0 Å². The van der Waals surface area contributed by atoms with Crippen molar-refractivity contribution in [2.75, 3.05) is 0 Å². The van der Waals surface area contributed by atoms with Crippen LogP contribution in [-0.4, -0.2) is 21.9 Å². The summed E-state index contributed by atoms with van der Waals surface area (Å²) in [6.07, 6.45) is -2.22. The summed E-state index contributed by atoms with van der Waals surface area (Å²) in [5.74, 6) is 0. The Morgan fingerprint density at radius 1 is 1.25 bits per heavy atom. The molecule has 1 aromatic rings. The molecule has 0 unspecified atom stereocenters. The van der Waals surface area contributed by atoms with Crippen LogP contribution < -0.4 is 0 Å². The minimum Gasteiger partial charge on any atom is -0.389 e. The van der Waals surface area contributed by atoms with Crippen molar-refractivity contribution in [2.45, 2.75) is 31.6 Å². The van der Waals surface area contributed by atoms with Crippen molar-refractivity contribution in [2.24, 2.45) is 5.11 Å². The smallest absolute Gasteiger partial charge is 0.106 e. The van der Waals surface area contributed by atoms with Crippen LogP contribution in [0.5, 0.6) is 0 Å². The molecule has 0 spiro atoms. The molecule has 2 N–H and O–H groups in total. The van der Waals surface area contributed by atoms with Gasteiger partial charge in [-0.05, 0) is 11.1 Å². The Morgan fingerprint density at radius 2 is 1.81 bits per heavy atom. The van der Waals surface area contributed by atoms with E-state index in [0.717, 1.165) is 0 Å². The summed E-state index contributed by atoms with van der Waals surface area (Å²) in [5.41, 5.74) is 7.91. The molecule has 0 bridgehead atoms. The van der Waals surface area contributed by atoms with E-state index in [1.54, 1.807) is 38.1 Å². The Bertz CT molecular complexity index is 385. The van der Waals surface area contributed by atoms with E-state index < -0.39 is 17.7 Å². The highest BCUT2D eigenvalue weighted by Gasteiger charge is 2.33. The van der Waals surface area contributed by atoms with Crippen molar-refractivity contribution in [3.05, 3.63) is 46.3 Å². The third-order valence-electron chi connectivity index (χ3n) is 2.47. The Labute approximate surface area is 94.0 Å². The van der Waals surface area contributed by atoms with Crippen molar-refractivity contribution >= 4 is 0 Å². The van der Waals surface area contributed by atoms with Crippen LogP contribution in [0.2, 0.25) is 0 Å². The maximum atomic E-state index is 9.92. The van der Waals surface area contributed by atoms with Crippen molar-refractivity contribution < 1.29 is 10.2 Å². The molecule has 0 aliphatic heterocycles. The zero-order valence-corrected chi connectivity index (χ0v) is 9.28. The minimum atomic E-state index is -1.15. The number of benzene rings is 1. The first-order valence-corrected chi connectivity index (χ1v) is 4.96. The molecule has 0 aliphatic carbocycles. The van der Waals surface area contributed by atoms with Crippen LogP contribution in [-0.2, 0) is 0 Å². The lowest BCUT2D eigenvalue weighted by Crippen LogP contribution is -2.38. The maximum absolute atomic E-state index is 9.92. The predicted octanol–water partition coefficient (Wildman–Crippen LogP) is 2.17. The Kier molecular flexibility index (Phi) is 3.90. The molecule has 1 rings (SSSR count). The number of aliphatic hydroxyl groups is 2. The molecule has 0 heterocycles. The van der Waals surface area contributed by atoms with E-state index in [1.165, 1.54) is 0 Å². The summed E-state index contributed by atoms with van der Waals surface area (Å²) in [7, 11) is 0. The molecule has 5 heteroatoms. The monoisotopic (exact) mass is 221 g/mol. The van der Waals surface area contributed by atoms with Gasteiger partial charge in [0.1, 0.15) is 6.10 Å². The maximum Gasteiger partial charge on any atom is 0.106 e. The molecule has 0 amide bonds. The van der Waals surface area contributed by atoms with Crippen molar-refractivity contribution in [3.63, 3.8) is 0 Å². The van der Waals surface area contributed by atoms with Crippen molar-refractivity contribution in [1.82, 2.24) is 0 Å². The average molecular weight is 221 g/mol. The Morgan fingerprint density at radius 3 is 2.31 bits per heavy atom. The molecule has 0 aliphatic rings. The third-order valence-corrected chi connectivity index (χ3v) is 2.47. The van der Waals surface area contributed by atoms with Gasteiger partial charge in [0.2, 0.25) is 0 Å². The van der Waals surface area contributed by atoms with Gasteiger partial charge in [-0.1, -0.05) is 49.3 Å². The first-order chi connectivity index (χ1) is 7.49. The lowest BCUT2D eigenvalue weighted by molar-refractivity contribution is -0.0201. The predicted molar refractivity (Wildman–Crippen MR) is 60.6 cm³/mol. The Balaban J connectivity index is 2.90. The van der Waals surface area contributed by atoms with Gasteiger partial charge in [0.25, 0.3) is 0 Å². The number of rotatable bonds is 4. The zero-order valence-electron chi connectivity index (χ0n) is 9.28. The molecule has 0 radical (unpaired) electrons. The van der Waals surface area contributed by atoms with E-state index in [4.69, 9.17) is 5.53 Å². The van der Waals surface area contributed by atoms with Crippen LogP contribution in [0.15, 0.2) is 35.4 Å². The molecule has 0 saturated heterocycles. The minimum absolute atomic E-state index is 0.594. The van der Waals surface area contributed by atoms with Crippen LogP contribution >= 0.6 is 0 Å². The number of aliphatic hydroxyl groups excluding tert-OH is 2. The van der Waals surface area contributed by atoms with Gasteiger partial charge in [-0.3, -0.25) is 0 Å². The summed E-state index contributed by atoms with van der Waals surface area (Å²) in [5, 5.41) is 23.3. The molecule has 2 atom stereocenters. The second-order valence-corrected chi connectivity index (χ2v) is 4.14. The second-order valence-electron chi connectivity index (χ2n) is 4.14. The third kappa shape index (κ3) is 2.73. The highest BCUT2D eigenvalue weighted by molar-refractivity contribution is 5.19. The number of hydrogen-bond donors (Lipinski definition) is 2. The summed E-state index contributed by atoms with van der Waals surface area (Å²) in [4.78, 5) is 2.66. The Hall–Kier alpha value is -1.55. The van der Waals surface area contributed by atoms with Gasteiger partial charge in [0.05, 0.1) is 11.6 Å². The molecular weight excluding hydrogens is 206 g/mol. The van der Waals surface area contributed by atoms with Gasteiger partial charge < -0.3 is 10.2 Å². The van der Waals surface area contributed by atoms with Crippen LogP contribution in [0.1, 0.15) is 25.5 Å². The normalized spacial score (nSPS) is 15.0. The molecule has 0 aromatic heterocycles. The van der Waals surface area contributed by atoms with Crippen LogP contribution in [0, 0.1) is 0 Å². The fraction of sp³-hybridized carbons (Fsp3) is 0.455. The van der Waals surface area contributed by atoms with Crippen molar-refractivity contribution in [1.29, 1.82) is 0 Å². The van der Waals surface area contributed by atoms with Gasteiger partial charge in [-0.2, -0.15) is 0 Å². The number of hydrogen-bond acceptors (Lipinski definition) is 3. The van der Waals surface area contributed by atoms with E-state index in [9.17, 15) is 10.2 Å². The lowest BCUT2D eigenvalue weighted by Gasteiger charge is -2.29. The van der Waals surface area contributed by atoms with Crippen molar-refractivity contribution in [3.8, 4) is 0 Å². The largest absolute Gasteiger partial charge is 0.389 e.